The van der Waals surface area contributed by atoms with Crippen LogP contribution in [0.5, 0.6) is 0 Å². The van der Waals surface area contributed by atoms with Crippen molar-refractivity contribution in [2.75, 3.05) is 18.1 Å². The van der Waals surface area contributed by atoms with Crippen LogP contribution < -0.4 is 5.32 Å². The van der Waals surface area contributed by atoms with Gasteiger partial charge >= 0.3 is 0 Å². The van der Waals surface area contributed by atoms with E-state index < -0.39 is 9.84 Å². The lowest BCUT2D eigenvalue weighted by atomic mass is 10.0. The molecule has 1 N–H and O–H groups in total. The number of allylic oxidation sites excluding steroid dienone is 1. The van der Waals surface area contributed by atoms with Crippen molar-refractivity contribution in [2.24, 2.45) is 5.92 Å². The van der Waals surface area contributed by atoms with Gasteiger partial charge < -0.3 is 5.32 Å². The first kappa shape index (κ1) is 11.1. The van der Waals surface area contributed by atoms with Crippen LogP contribution in [0, 0.1) is 5.92 Å². The Kier molecular flexibility index (Phi) is 3.46. The van der Waals surface area contributed by atoms with Gasteiger partial charge in [0.1, 0.15) is 0 Å². The zero-order chi connectivity index (χ0) is 10.7. The SMILES string of the molecule is O=S1(=O)CCC(CNC2C=CCCC2)C1. The highest BCUT2D eigenvalue weighted by molar-refractivity contribution is 7.91. The van der Waals surface area contributed by atoms with Gasteiger partial charge in [0.15, 0.2) is 9.84 Å². The van der Waals surface area contributed by atoms with Crippen molar-refractivity contribution in [3.05, 3.63) is 12.2 Å². The van der Waals surface area contributed by atoms with Crippen molar-refractivity contribution < 1.29 is 8.42 Å². The van der Waals surface area contributed by atoms with Crippen LogP contribution in [0.2, 0.25) is 0 Å². The summed E-state index contributed by atoms with van der Waals surface area (Å²) in [5.41, 5.74) is 0. The predicted octanol–water partition coefficient (Wildman–Crippen LogP) is 1.12. The third-order valence-electron chi connectivity index (χ3n) is 3.25. The molecule has 3 nitrogen and oxygen atoms in total. The lowest BCUT2D eigenvalue weighted by molar-refractivity contribution is 0.459. The molecule has 0 aromatic rings. The molecule has 0 radical (unpaired) electrons. The van der Waals surface area contributed by atoms with Crippen LogP contribution in [-0.2, 0) is 9.84 Å². The molecule has 1 aliphatic heterocycles. The van der Waals surface area contributed by atoms with Crippen molar-refractivity contribution >= 4 is 9.84 Å². The van der Waals surface area contributed by atoms with Crippen molar-refractivity contribution in [2.45, 2.75) is 31.7 Å². The lowest BCUT2D eigenvalue weighted by Crippen LogP contribution is -2.33. The van der Waals surface area contributed by atoms with Gasteiger partial charge in [-0.15, -0.1) is 0 Å². The Hall–Kier alpha value is -0.350. The second kappa shape index (κ2) is 4.66. The first-order valence-electron chi connectivity index (χ1n) is 5.76. The minimum Gasteiger partial charge on any atom is -0.310 e. The van der Waals surface area contributed by atoms with E-state index in [1.807, 2.05) is 0 Å². The van der Waals surface area contributed by atoms with E-state index in [1.54, 1.807) is 0 Å². The molecule has 2 rings (SSSR count). The summed E-state index contributed by atoms with van der Waals surface area (Å²) in [7, 11) is -2.71. The molecule has 0 aromatic heterocycles. The molecule has 2 aliphatic rings. The number of sulfone groups is 1. The molecule has 86 valence electrons. The molecule has 1 fully saturated rings. The number of hydrogen-bond acceptors (Lipinski definition) is 3. The topological polar surface area (TPSA) is 46.2 Å². The van der Waals surface area contributed by atoms with Gasteiger partial charge in [-0.1, -0.05) is 12.2 Å². The largest absolute Gasteiger partial charge is 0.310 e. The van der Waals surface area contributed by atoms with Gasteiger partial charge in [-0.2, -0.15) is 0 Å². The summed E-state index contributed by atoms with van der Waals surface area (Å²) >= 11 is 0. The molecule has 1 heterocycles. The molecule has 1 aliphatic carbocycles. The average molecular weight is 229 g/mol. The fourth-order valence-electron chi connectivity index (χ4n) is 2.33. The Morgan fingerprint density at radius 2 is 2.20 bits per heavy atom. The summed E-state index contributed by atoms with van der Waals surface area (Å²) in [6, 6.07) is 0.474. The third-order valence-corrected chi connectivity index (χ3v) is 5.09. The fraction of sp³-hybridized carbons (Fsp3) is 0.818. The number of hydrogen-bond donors (Lipinski definition) is 1. The Morgan fingerprint density at radius 1 is 1.33 bits per heavy atom. The molecular weight excluding hydrogens is 210 g/mol. The Morgan fingerprint density at radius 3 is 2.80 bits per heavy atom. The highest BCUT2D eigenvalue weighted by atomic mass is 32.2. The van der Waals surface area contributed by atoms with E-state index in [-0.39, 0.29) is 0 Å². The van der Waals surface area contributed by atoms with E-state index in [0.717, 1.165) is 13.0 Å². The standard InChI is InChI=1S/C11H19NO2S/c13-15(14)7-6-10(9-15)8-12-11-4-2-1-3-5-11/h2,4,10-12H,1,3,5-9H2. The third kappa shape index (κ3) is 3.31. The van der Waals surface area contributed by atoms with Gasteiger partial charge in [0.25, 0.3) is 0 Å². The highest BCUT2D eigenvalue weighted by Gasteiger charge is 2.27. The molecule has 1 saturated heterocycles. The van der Waals surface area contributed by atoms with Crippen molar-refractivity contribution in [3.63, 3.8) is 0 Å². The van der Waals surface area contributed by atoms with Crippen molar-refractivity contribution in [1.29, 1.82) is 0 Å². The fourth-order valence-corrected chi connectivity index (χ4v) is 4.20. The van der Waals surface area contributed by atoms with Gasteiger partial charge in [0, 0.05) is 6.04 Å². The van der Waals surface area contributed by atoms with Crippen LogP contribution in [0.25, 0.3) is 0 Å². The number of nitrogens with one attached hydrogen (secondary N) is 1. The smallest absolute Gasteiger partial charge is 0.150 e. The molecule has 0 saturated carbocycles. The van der Waals surface area contributed by atoms with E-state index in [0.29, 0.717) is 23.5 Å². The molecular formula is C11H19NO2S. The monoisotopic (exact) mass is 229 g/mol. The maximum atomic E-state index is 11.3. The Balaban J connectivity index is 1.74. The van der Waals surface area contributed by atoms with Gasteiger partial charge in [0.05, 0.1) is 11.5 Å². The summed E-state index contributed by atoms with van der Waals surface area (Å²) in [5.74, 6) is 1.11. The first-order valence-corrected chi connectivity index (χ1v) is 7.58. The van der Waals surface area contributed by atoms with Crippen molar-refractivity contribution in [1.82, 2.24) is 5.32 Å². The van der Waals surface area contributed by atoms with Gasteiger partial charge in [-0.25, -0.2) is 8.42 Å². The zero-order valence-electron chi connectivity index (χ0n) is 8.98. The second-order valence-electron chi connectivity index (χ2n) is 4.64. The lowest BCUT2D eigenvalue weighted by Gasteiger charge is -2.19. The van der Waals surface area contributed by atoms with Crippen LogP contribution in [0.3, 0.4) is 0 Å². The van der Waals surface area contributed by atoms with E-state index in [9.17, 15) is 8.42 Å². The van der Waals surface area contributed by atoms with Crippen LogP contribution >= 0.6 is 0 Å². The molecule has 0 aromatic carbocycles. The highest BCUT2D eigenvalue weighted by Crippen LogP contribution is 2.18. The van der Waals surface area contributed by atoms with Crippen molar-refractivity contribution in [3.8, 4) is 0 Å². The van der Waals surface area contributed by atoms with Gasteiger partial charge in [-0.05, 0) is 38.1 Å². The van der Waals surface area contributed by atoms with E-state index >= 15 is 0 Å². The molecule has 0 bridgehead atoms. The Bertz CT molecular complexity index is 334. The second-order valence-corrected chi connectivity index (χ2v) is 6.87. The molecule has 15 heavy (non-hydrogen) atoms. The minimum atomic E-state index is -2.71. The summed E-state index contributed by atoms with van der Waals surface area (Å²) in [4.78, 5) is 0. The van der Waals surface area contributed by atoms with Gasteiger partial charge in [-0.3, -0.25) is 0 Å². The summed E-state index contributed by atoms with van der Waals surface area (Å²) in [5, 5.41) is 3.45. The summed E-state index contributed by atoms with van der Waals surface area (Å²) < 4.78 is 22.5. The first-order chi connectivity index (χ1) is 7.16. The summed E-state index contributed by atoms with van der Waals surface area (Å²) in [6.45, 7) is 0.855. The van der Waals surface area contributed by atoms with Crippen LogP contribution in [-0.4, -0.2) is 32.5 Å². The van der Waals surface area contributed by atoms with E-state index in [4.69, 9.17) is 0 Å². The molecule has 0 amide bonds. The van der Waals surface area contributed by atoms with Crippen LogP contribution in [0.1, 0.15) is 25.7 Å². The minimum absolute atomic E-state index is 0.338. The average Bonchev–Trinajstić information content (AvgIpc) is 2.57. The predicted molar refractivity (Wildman–Crippen MR) is 61.5 cm³/mol. The normalized spacial score (nSPS) is 34.4. The van der Waals surface area contributed by atoms with E-state index in [1.165, 1.54) is 19.3 Å². The molecule has 2 unspecified atom stereocenters. The maximum Gasteiger partial charge on any atom is 0.150 e. The maximum absolute atomic E-state index is 11.3. The molecule has 4 heteroatoms. The van der Waals surface area contributed by atoms with Gasteiger partial charge in [0.2, 0.25) is 0 Å². The zero-order valence-corrected chi connectivity index (χ0v) is 9.80. The number of rotatable bonds is 3. The summed E-state index contributed by atoms with van der Waals surface area (Å²) in [6.07, 6.45) is 8.90. The van der Waals surface area contributed by atoms with Crippen LogP contribution in [0.15, 0.2) is 12.2 Å². The molecule has 2 atom stereocenters. The molecule has 0 spiro atoms. The van der Waals surface area contributed by atoms with Crippen LogP contribution in [0.4, 0.5) is 0 Å². The Labute approximate surface area is 91.9 Å². The van der Waals surface area contributed by atoms with E-state index in [2.05, 4.69) is 17.5 Å². The quantitative estimate of drug-likeness (QED) is 0.738.